The first-order valence-electron chi connectivity index (χ1n) is 16.6. The van der Waals surface area contributed by atoms with Gasteiger partial charge in [-0.1, -0.05) is 129 Å². The second-order valence-corrected chi connectivity index (χ2v) is 13.4. The molecule has 9 aromatic rings. The predicted molar refractivity (Wildman–Crippen MR) is 202 cm³/mol. The van der Waals surface area contributed by atoms with Gasteiger partial charge >= 0.3 is 0 Å². The monoisotopic (exact) mass is 636 g/mol. The van der Waals surface area contributed by atoms with Gasteiger partial charge in [-0.25, -0.2) is 4.98 Å². The molecule has 0 aliphatic heterocycles. The predicted octanol–water partition coefficient (Wildman–Crippen LogP) is 11.7. The number of fused-ring (bicyclic) bond motifs is 6. The highest BCUT2D eigenvalue weighted by Crippen LogP contribution is 2.42. The second kappa shape index (κ2) is 11.9. The summed E-state index contributed by atoms with van der Waals surface area (Å²) < 4.78 is 4.86. The van der Waals surface area contributed by atoms with Crippen molar-refractivity contribution in [2.24, 2.45) is 0 Å². The average Bonchev–Trinajstić information content (AvgIpc) is 3.69. The minimum absolute atomic E-state index is 0.603. The van der Waals surface area contributed by atoms with Crippen molar-refractivity contribution >= 4 is 53.3 Å². The summed E-state index contributed by atoms with van der Waals surface area (Å²) in [6, 6.07) is 49.5. The maximum atomic E-state index is 5.13. The molecule has 0 saturated heterocycles. The lowest BCUT2D eigenvalue weighted by atomic mass is 10.00. The van der Waals surface area contributed by atoms with E-state index in [4.69, 9.17) is 15.0 Å². The molecule has 0 fully saturated rings. The van der Waals surface area contributed by atoms with Crippen LogP contribution in [0.15, 0.2) is 140 Å². The second-order valence-electron chi connectivity index (χ2n) is 12.3. The lowest BCUT2D eigenvalue weighted by Crippen LogP contribution is -2.06. The SMILES string of the molecule is CCCCc1ccc2sc3c(-c4ccc5c6ccccc6n(-c6nc(-c7ccccc7)nc(-c7ccccc7)n6)c5c4)cccc3c2c1. The van der Waals surface area contributed by atoms with Crippen LogP contribution in [-0.2, 0) is 6.42 Å². The van der Waals surface area contributed by atoms with E-state index >= 15 is 0 Å². The number of nitrogens with zero attached hydrogens (tertiary/aromatic N) is 4. The van der Waals surface area contributed by atoms with Gasteiger partial charge in [-0.15, -0.1) is 11.3 Å². The summed E-state index contributed by atoms with van der Waals surface area (Å²) in [5.41, 5.74) is 7.88. The summed E-state index contributed by atoms with van der Waals surface area (Å²) >= 11 is 1.89. The van der Waals surface area contributed by atoms with Crippen LogP contribution in [0.4, 0.5) is 0 Å². The van der Waals surface area contributed by atoms with Crippen molar-refractivity contribution in [3.8, 4) is 39.9 Å². The third-order valence-corrected chi connectivity index (χ3v) is 10.5. The van der Waals surface area contributed by atoms with Crippen molar-refractivity contribution in [3.05, 3.63) is 145 Å². The molecule has 230 valence electrons. The molecule has 0 N–H and O–H groups in total. The Balaban J connectivity index is 1.28. The molecular formula is C43H32N4S. The number of hydrogen-bond acceptors (Lipinski definition) is 4. The van der Waals surface area contributed by atoms with Gasteiger partial charge in [0.15, 0.2) is 11.6 Å². The molecule has 0 spiro atoms. The zero-order chi connectivity index (χ0) is 32.0. The Morgan fingerprint density at radius 2 is 1.23 bits per heavy atom. The number of aryl methyl sites for hydroxylation is 1. The molecule has 0 atom stereocenters. The summed E-state index contributed by atoms with van der Waals surface area (Å²) in [6.45, 7) is 2.26. The molecule has 0 amide bonds. The maximum Gasteiger partial charge on any atom is 0.238 e. The number of rotatable bonds is 7. The van der Waals surface area contributed by atoms with E-state index in [1.54, 1.807) is 0 Å². The largest absolute Gasteiger partial charge is 0.278 e. The number of thiophene rings is 1. The van der Waals surface area contributed by atoms with Gasteiger partial charge in [-0.2, -0.15) is 9.97 Å². The van der Waals surface area contributed by atoms with E-state index in [0.717, 1.165) is 28.6 Å². The maximum absolute atomic E-state index is 5.13. The van der Waals surface area contributed by atoms with Crippen LogP contribution in [0.25, 0.3) is 81.8 Å². The van der Waals surface area contributed by atoms with E-state index in [1.807, 2.05) is 47.7 Å². The minimum Gasteiger partial charge on any atom is -0.278 e. The molecule has 0 aliphatic rings. The Bertz CT molecular complexity index is 2540. The van der Waals surface area contributed by atoms with E-state index < -0.39 is 0 Å². The van der Waals surface area contributed by atoms with Crippen molar-refractivity contribution in [3.63, 3.8) is 0 Å². The van der Waals surface area contributed by atoms with E-state index in [2.05, 4.69) is 115 Å². The molecule has 0 radical (unpaired) electrons. The molecule has 0 saturated carbocycles. The van der Waals surface area contributed by atoms with Crippen molar-refractivity contribution in [2.45, 2.75) is 26.2 Å². The topological polar surface area (TPSA) is 43.6 Å². The highest BCUT2D eigenvalue weighted by molar-refractivity contribution is 7.26. The smallest absolute Gasteiger partial charge is 0.238 e. The van der Waals surface area contributed by atoms with Crippen LogP contribution in [-0.4, -0.2) is 19.5 Å². The highest BCUT2D eigenvalue weighted by atomic mass is 32.1. The van der Waals surface area contributed by atoms with Crippen LogP contribution in [0, 0.1) is 0 Å². The normalized spacial score (nSPS) is 11.7. The molecule has 0 bridgehead atoms. The Labute approximate surface area is 283 Å². The van der Waals surface area contributed by atoms with Crippen LogP contribution < -0.4 is 0 Å². The third kappa shape index (κ3) is 4.86. The Morgan fingerprint density at radius 3 is 1.98 bits per heavy atom. The minimum atomic E-state index is 0.603. The fourth-order valence-corrected chi connectivity index (χ4v) is 8.08. The molecule has 6 aromatic carbocycles. The van der Waals surface area contributed by atoms with Gasteiger partial charge in [0, 0.05) is 42.1 Å². The molecule has 0 aliphatic carbocycles. The average molecular weight is 637 g/mol. The lowest BCUT2D eigenvalue weighted by molar-refractivity contribution is 0.796. The molecule has 5 heteroatoms. The van der Waals surface area contributed by atoms with Gasteiger partial charge in [-0.05, 0) is 53.8 Å². The molecule has 0 unspecified atom stereocenters. The highest BCUT2D eigenvalue weighted by Gasteiger charge is 2.19. The van der Waals surface area contributed by atoms with Crippen LogP contribution in [0.2, 0.25) is 0 Å². The molecule has 9 rings (SSSR count). The zero-order valence-electron chi connectivity index (χ0n) is 26.6. The quantitative estimate of drug-likeness (QED) is 0.175. The van der Waals surface area contributed by atoms with Crippen molar-refractivity contribution < 1.29 is 0 Å². The number of para-hydroxylation sites is 1. The van der Waals surface area contributed by atoms with Crippen molar-refractivity contribution in [2.75, 3.05) is 0 Å². The Morgan fingerprint density at radius 1 is 0.542 bits per heavy atom. The van der Waals surface area contributed by atoms with Gasteiger partial charge in [-0.3, -0.25) is 4.57 Å². The summed E-state index contributed by atoms with van der Waals surface area (Å²) in [7, 11) is 0. The van der Waals surface area contributed by atoms with E-state index in [9.17, 15) is 0 Å². The van der Waals surface area contributed by atoms with Crippen LogP contribution in [0.3, 0.4) is 0 Å². The van der Waals surface area contributed by atoms with Gasteiger partial charge in [0.05, 0.1) is 11.0 Å². The van der Waals surface area contributed by atoms with E-state index in [1.165, 1.54) is 60.5 Å². The Hall–Kier alpha value is -5.65. The fourth-order valence-electron chi connectivity index (χ4n) is 6.86. The first-order valence-corrected chi connectivity index (χ1v) is 17.4. The van der Waals surface area contributed by atoms with Crippen LogP contribution in [0.1, 0.15) is 25.3 Å². The number of benzene rings is 6. The van der Waals surface area contributed by atoms with Gasteiger partial charge in [0.1, 0.15) is 0 Å². The van der Waals surface area contributed by atoms with Crippen molar-refractivity contribution in [1.29, 1.82) is 0 Å². The van der Waals surface area contributed by atoms with Gasteiger partial charge in [0.2, 0.25) is 5.95 Å². The van der Waals surface area contributed by atoms with Crippen molar-refractivity contribution in [1.82, 2.24) is 19.5 Å². The third-order valence-electron chi connectivity index (χ3n) is 9.25. The summed E-state index contributed by atoms with van der Waals surface area (Å²) in [4.78, 5) is 15.2. The zero-order valence-corrected chi connectivity index (χ0v) is 27.4. The number of aromatic nitrogens is 4. The molecule has 48 heavy (non-hydrogen) atoms. The number of unbranched alkanes of at least 4 members (excludes halogenated alkanes) is 1. The summed E-state index contributed by atoms with van der Waals surface area (Å²) in [5, 5.41) is 5.01. The van der Waals surface area contributed by atoms with E-state index in [-0.39, 0.29) is 0 Å². The summed E-state index contributed by atoms with van der Waals surface area (Å²) in [6.07, 6.45) is 3.55. The van der Waals surface area contributed by atoms with Gasteiger partial charge in [0.25, 0.3) is 0 Å². The standard InChI is InChI=1S/C43H32N4S/c1-2-3-13-28-22-25-39-36(26-28)35-20-12-19-32(40(35)48-39)31-23-24-34-33-18-10-11-21-37(33)47(38(34)27-31)43-45-41(29-14-6-4-7-15-29)44-42(46-43)30-16-8-5-9-17-30/h4-12,14-27H,2-3,13H2,1H3. The molecule has 3 aromatic heterocycles. The van der Waals surface area contributed by atoms with Gasteiger partial charge < -0.3 is 0 Å². The summed E-state index contributed by atoms with van der Waals surface area (Å²) in [5.74, 6) is 1.90. The molecular weight excluding hydrogens is 605 g/mol. The molecule has 3 heterocycles. The Kier molecular flexibility index (Phi) is 7.06. The van der Waals surface area contributed by atoms with Crippen LogP contribution in [0.5, 0.6) is 0 Å². The first kappa shape index (κ1) is 28.6. The number of hydrogen-bond donors (Lipinski definition) is 0. The van der Waals surface area contributed by atoms with E-state index in [0.29, 0.717) is 17.6 Å². The fraction of sp³-hybridized carbons (Fsp3) is 0.0930. The first-order chi connectivity index (χ1) is 23.7. The molecule has 4 nitrogen and oxygen atoms in total. The lowest BCUT2D eigenvalue weighted by Gasteiger charge is -2.11. The van der Waals surface area contributed by atoms with Crippen LogP contribution >= 0.6 is 11.3 Å².